The number of hydrogen-bond acceptors (Lipinski definition) is 5. The van der Waals surface area contributed by atoms with Crippen LogP contribution < -0.4 is 5.32 Å². The number of hydrogen-bond donors (Lipinski definition) is 1. The molecule has 0 unspecified atom stereocenters. The zero-order valence-corrected chi connectivity index (χ0v) is 21.3. The summed E-state index contributed by atoms with van der Waals surface area (Å²) in [4.78, 5) is 21.4. The molecule has 2 aromatic carbocycles. The first-order valence-electron chi connectivity index (χ1n) is 11.8. The summed E-state index contributed by atoms with van der Waals surface area (Å²) in [5.41, 5.74) is 1.22. The van der Waals surface area contributed by atoms with E-state index < -0.39 is 11.7 Å². The Morgan fingerprint density at radius 3 is 2.50 bits per heavy atom. The maximum absolute atomic E-state index is 13.2. The van der Waals surface area contributed by atoms with Crippen LogP contribution in [0, 0.1) is 0 Å². The van der Waals surface area contributed by atoms with Crippen molar-refractivity contribution in [2.24, 2.45) is 0 Å². The lowest BCUT2D eigenvalue weighted by molar-refractivity contribution is -0.137. The number of amides is 1. The third-order valence-electron chi connectivity index (χ3n) is 6.04. The van der Waals surface area contributed by atoms with Crippen LogP contribution in [0.2, 0.25) is 5.02 Å². The highest BCUT2D eigenvalue weighted by atomic mass is 35.5. The van der Waals surface area contributed by atoms with Crippen LogP contribution in [-0.2, 0) is 25.8 Å². The van der Waals surface area contributed by atoms with Gasteiger partial charge in [0.15, 0.2) is 0 Å². The minimum Gasteiger partial charge on any atom is -0.349 e. The average molecular weight is 537 g/mol. The second kappa shape index (κ2) is 12.2. The molecular weight excluding hydrogens is 509 g/mol. The largest absolute Gasteiger partial charge is 0.416 e. The predicted octanol–water partition coefficient (Wildman–Crippen LogP) is 5.84. The van der Waals surface area contributed by atoms with Crippen LogP contribution in [0.15, 0.2) is 53.9 Å². The first-order valence-corrected chi connectivity index (χ1v) is 13.1. The van der Waals surface area contributed by atoms with Crippen LogP contribution in [0.4, 0.5) is 13.2 Å². The average Bonchev–Trinajstić information content (AvgIpc) is 3.53. The topological polar surface area (TPSA) is 48.5 Å². The summed E-state index contributed by atoms with van der Waals surface area (Å²) in [6.45, 7) is 4.73. The zero-order valence-electron chi connectivity index (χ0n) is 19.7. The minimum absolute atomic E-state index is 0.209. The van der Waals surface area contributed by atoms with Crippen molar-refractivity contribution in [3.05, 3.63) is 86.3 Å². The second-order valence-corrected chi connectivity index (χ2v) is 10.3. The summed E-state index contributed by atoms with van der Waals surface area (Å²) >= 11 is 7.38. The van der Waals surface area contributed by atoms with E-state index >= 15 is 0 Å². The fourth-order valence-electron chi connectivity index (χ4n) is 4.22. The first kappa shape index (κ1) is 26.6. The molecule has 1 fully saturated rings. The maximum Gasteiger partial charge on any atom is 0.416 e. The van der Waals surface area contributed by atoms with Crippen LogP contribution in [-0.4, -0.2) is 46.9 Å². The highest BCUT2D eigenvalue weighted by molar-refractivity contribution is 7.09. The van der Waals surface area contributed by atoms with Crippen molar-refractivity contribution in [3.63, 3.8) is 0 Å². The van der Waals surface area contributed by atoms with Crippen molar-refractivity contribution in [2.75, 3.05) is 26.2 Å². The molecule has 1 aliphatic heterocycles. The van der Waals surface area contributed by atoms with E-state index in [2.05, 4.69) is 15.2 Å². The van der Waals surface area contributed by atoms with Gasteiger partial charge < -0.3 is 10.2 Å². The zero-order chi connectivity index (χ0) is 25.5. The van der Waals surface area contributed by atoms with Gasteiger partial charge in [0.05, 0.1) is 12.1 Å². The van der Waals surface area contributed by atoms with Crippen molar-refractivity contribution in [3.8, 4) is 0 Å². The number of thiazole rings is 1. The summed E-state index contributed by atoms with van der Waals surface area (Å²) in [5.74, 6) is -0.209. The third-order valence-corrected chi connectivity index (χ3v) is 7.12. The fourth-order valence-corrected chi connectivity index (χ4v) is 5.16. The lowest BCUT2D eigenvalue weighted by Gasteiger charge is -2.22. The Balaban J connectivity index is 1.43. The number of halogens is 4. The van der Waals surface area contributed by atoms with E-state index in [0.717, 1.165) is 36.3 Å². The molecule has 1 aliphatic rings. The molecule has 192 valence electrons. The Bertz CT molecular complexity index is 1150. The molecule has 0 bridgehead atoms. The lowest BCUT2D eigenvalue weighted by atomic mass is 10.1. The monoisotopic (exact) mass is 536 g/mol. The SMILES string of the molecule is O=C(NCCN1CCCC1)c1csc(CN(Cc2ccc(Cl)cc2)Cc2cccc(C(F)(F)F)c2)n1. The highest BCUT2D eigenvalue weighted by Crippen LogP contribution is 2.30. The molecule has 0 radical (unpaired) electrons. The molecule has 1 amide bonds. The van der Waals surface area contributed by atoms with E-state index in [1.807, 2.05) is 17.0 Å². The number of carbonyl (C=O) groups excluding carboxylic acids is 1. The Kier molecular flexibility index (Phi) is 9.00. The summed E-state index contributed by atoms with van der Waals surface area (Å²) in [6, 6.07) is 12.7. The van der Waals surface area contributed by atoms with Gasteiger partial charge in [-0.2, -0.15) is 13.2 Å². The van der Waals surface area contributed by atoms with Crippen molar-refractivity contribution in [1.82, 2.24) is 20.1 Å². The Labute approximate surface area is 217 Å². The van der Waals surface area contributed by atoms with Crippen molar-refractivity contribution >= 4 is 28.8 Å². The molecule has 5 nitrogen and oxygen atoms in total. The van der Waals surface area contributed by atoms with E-state index in [0.29, 0.717) is 42.5 Å². The van der Waals surface area contributed by atoms with Gasteiger partial charge in [-0.1, -0.05) is 41.9 Å². The van der Waals surface area contributed by atoms with Gasteiger partial charge in [-0.25, -0.2) is 4.98 Å². The van der Waals surface area contributed by atoms with E-state index in [-0.39, 0.29) is 5.91 Å². The lowest BCUT2D eigenvalue weighted by Crippen LogP contribution is -2.33. The van der Waals surface area contributed by atoms with E-state index in [1.165, 1.54) is 36.3 Å². The Hall–Kier alpha value is -2.46. The number of alkyl halides is 3. The van der Waals surface area contributed by atoms with Crippen LogP contribution in [0.5, 0.6) is 0 Å². The molecule has 3 aromatic rings. The second-order valence-electron chi connectivity index (χ2n) is 8.90. The number of benzene rings is 2. The quantitative estimate of drug-likeness (QED) is 0.353. The molecule has 0 atom stereocenters. The minimum atomic E-state index is -4.40. The van der Waals surface area contributed by atoms with Crippen LogP contribution in [0.1, 0.15) is 45.0 Å². The molecule has 0 aliphatic carbocycles. The normalized spacial score (nSPS) is 14.5. The van der Waals surface area contributed by atoms with Crippen LogP contribution >= 0.6 is 22.9 Å². The van der Waals surface area contributed by atoms with Crippen molar-refractivity contribution in [1.29, 1.82) is 0 Å². The number of aromatic nitrogens is 1. The van der Waals surface area contributed by atoms with Gasteiger partial charge in [0, 0.05) is 36.6 Å². The first-order chi connectivity index (χ1) is 17.3. The molecular formula is C26H28ClF3N4OS. The molecule has 1 aromatic heterocycles. The molecule has 4 rings (SSSR count). The van der Waals surface area contributed by atoms with Gasteiger partial charge in [0.2, 0.25) is 0 Å². The molecule has 2 heterocycles. The van der Waals surface area contributed by atoms with Gasteiger partial charge in [-0.3, -0.25) is 9.69 Å². The number of rotatable bonds is 10. The van der Waals surface area contributed by atoms with E-state index in [1.54, 1.807) is 23.6 Å². The van der Waals surface area contributed by atoms with Gasteiger partial charge in [0.1, 0.15) is 10.7 Å². The van der Waals surface area contributed by atoms with Crippen LogP contribution in [0.3, 0.4) is 0 Å². The molecule has 1 N–H and O–H groups in total. The highest BCUT2D eigenvalue weighted by Gasteiger charge is 2.30. The number of likely N-dealkylation sites (tertiary alicyclic amines) is 1. The number of nitrogens with one attached hydrogen (secondary N) is 1. The van der Waals surface area contributed by atoms with Crippen LogP contribution in [0.25, 0.3) is 0 Å². The van der Waals surface area contributed by atoms with Gasteiger partial charge >= 0.3 is 6.18 Å². The van der Waals surface area contributed by atoms with Gasteiger partial charge in [-0.05, 0) is 55.3 Å². The van der Waals surface area contributed by atoms with E-state index in [4.69, 9.17) is 11.6 Å². The molecule has 0 spiro atoms. The summed E-state index contributed by atoms with van der Waals surface area (Å²) in [5, 5.41) is 5.99. The third kappa shape index (κ3) is 7.77. The summed E-state index contributed by atoms with van der Waals surface area (Å²) < 4.78 is 39.6. The standard InChI is InChI=1S/C26H28ClF3N4OS/c27-22-8-6-19(7-9-22)15-34(16-20-4-3-5-21(14-20)26(28,29)30)17-24-32-23(18-36-24)25(35)31-10-13-33-11-1-2-12-33/h3-9,14,18H,1-2,10-13,15-17H2,(H,31,35). The Morgan fingerprint density at radius 2 is 1.78 bits per heavy atom. The fraction of sp³-hybridized carbons (Fsp3) is 0.385. The van der Waals surface area contributed by atoms with Gasteiger partial charge in [0.25, 0.3) is 5.91 Å². The molecule has 36 heavy (non-hydrogen) atoms. The number of nitrogens with zero attached hydrogens (tertiary/aromatic N) is 3. The smallest absolute Gasteiger partial charge is 0.349 e. The van der Waals surface area contributed by atoms with E-state index in [9.17, 15) is 18.0 Å². The summed E-state index contributed by atoms with van der Waals surface area (Å²) in [7, 11) is 0. The summed E-state index contributed by atoms with van der Waals surface area (Å²) in [6.07, 6.45) is -1.99. The maximum atomic E-state index is 13.2. The Morgan fingerprint density at radius 1 is 1.06 bits per heavy atom. The predicted molar refractivity (Wildman–Crippen MR) is 136 cm³/mol. The molecule has 0 saturated carbocycles. The van der Waals surface area contributed by atoms with Crippen molar-refractivity contribution < 1.29 is 18.0 Å². The van der Waals surface area contributed by atoms with Gasteiger partial charge in [-0.15, -0.1) is 11.3 Å². The molecule has 1 saturated heterocycles. The van der Waals surface area contributed by atoms with Crippen molar-refractivity contribution in [2.45, 2.75) is 38.7 Å². The molecule has 10 heteroatoms. The number of carbonyl (C=O) groups is 1.